The van der Waals surface area contributed by atoms with Crippen LogP contribution in [-0.4, -0.2) is 24.3 Å². The summed E-state index contributed by atoms with van der Waals surface area (Å²) < 4.78 is 25.2. The highest BCUT2D eigenvalue weighted by Gasteiger charge is 2.06. The normalized spacial score (nSPS) is 12.2. The lowest BCUT2D eigenvalue weighted by Crippen LogP contribution is -2.08. The lowest BCUT2D eigenvalue weighted by Gasteiger charge is -2.11. The fourth-order valence-electron chi connectivity index (χ4n) is 3.07. The van der Waals surface area contributed by atoms with Gasteiger partial charge in [0, 0.05) is 18.4 Å². The van der Waals surface area contributed by atoms with Crippen molar-refractivity contribution in [2.75, 3.05) is 13.2 Å². The molecule has 0 saturated carbocycles. The summed E-state index contributed by atoms with van der Waals surface area (Å²) in [6, 6.07) is 8.84. The third kappa shape index (κ3) is 8.50. The van der Waals surface area contributed by atoms with Gasteiger partial charge in [0.1, 0.15) is 6.61 Å². The number of pyridine rings is 1. The van der Waals surface area contributed by atoms with Gasteiger partial charge in [-0.25, -0.2) is 4.39 Å². The zero-order valence-corrected chi connectivity index (χ0v) is 18.3. The highest BCUT2D eigenvalue weighted by Crippen LogP contribution is 2.25. The van der Waals surface area contributed by atoms with Crippen LogP contribution < -0.4 is 4.74 Å². The van der Waals surface area contributed by atoms with Gasteiger partial charge in [-0.05, 0) is 62.4 Å². The van der Waals surface area contributed by atoms with Crippen molar-refractivity contribution >= 4 is 6.08 Å². The molecule has 1 unspecified atom stereocenters. The van der Waals surface area contributed by atoms with E-state index in [2.05, 4.69) is 31.5 Å². The fourth-order valence-corrected chi connectivity index (χ4v) is 3.07. The van der Waals surface area contributed by atoms with E-state index >= 15 is 0 Å². The van der Waals surface area contributed by atoms with Crippen molar-refractivity contribution in [3.05, 3.63) is 66.8 Å². The van der Waals surface area contributed by atoms with E-state index in [9.17, 15) is 4.39 Å². The lowest BCUT2D eigenvalue weighted by atomic mass is 10.1. The van der Waals surface area contributed by atoms with Crippen LogP contribution in [0.15, 0.2) is 55.3 Å². The summed E-state index contributed by atoms with van der Waals surface area (Å²) in [5, 5.41) is 0. The molecule has 30 heavy (non-hydrogen) atoms. The molecule has 0 aliphatic carbocycles. The van der Waals surface area contributed by atoms with Gasteiger partial charge in [-0.15, -0.1) is 0 Å². The van der Waals surface area contributed by atoms with E-state index in [0.29, 0.717) is 6.10 Å². The number of aromatic nitrogens is 1. The van der Waals surface area contributed by atoms with Crippen molar-refractivity contribution in [1.29, 1.82) is 0 Å². The van der Waals surface area contributed by atoms with Crippen molar-refractivity contribution in [3.8, 4) is 16.9 Å². The van der Waals surface area contributed by atoms with Crippen LogP contribution >= 0.6 is 0 Å². The number of rotatable bonds is 14. The highest BCUT2D eigenvalue weighted by atomic mass is 19.1. The second kappa shape index (κ2) is 13.7. The molecule has 1 aromatic heterocycles. The first-order valence-electron chi connectivity index (χ1n) is 10.9. The van der Waals surface area contributed by atoms with E-state index in [1.807, 2.05) is 24.3 Å². The Balaban J connectivity index is 1.77. The van der Waals surface area contributed by atoms with E-state index in [0.717, 1.165) is 49.1 Å². The van der Waals surface area contributed by atoms with E-state index in [1.54, 1.807) is 18.3 Å². The second-order valence-electron chi connectivity index (χ2n) is 7.44. The average molecular weight is 412 g/mol. The molecule has 1 aromatic carbocycles. The molecule has 2 rings (SSSR count). The molecule has 0 fully saturated rings. The first-order chi connectivity index (χ1) is 14.6. The zero-order chi connectivity index (χ0) is 21.6. The minimum atomic E-state index is -0.387. The molecule has 162 valence electrons. The number of halogens is 1. The molecule has 3 nitrogen and oxygen atoms in total. The van der Waals surface area contributed by atoms with Gasteiger partial charge in [0.15, 0.2) is 11.6 Å². The zero-order valence-electron chi connectivity index (χ0n) is 18.3. The predicted octanol–water partition coefficient (Wildman–Crippen LogP) is 7.23. The van der Waals surface area contributed by atoms with Crippen LogP contribution in [0.2, 0.25) is 0 Å². The Kier molecular flexibility index (Phi) is 10.9. The second-order valence-corrected chi connectivity index (χ2v) is 7.44. The summed E-state index contributed by atoms with van der Waals surface area (Å²) in [6.07, 6.45) is 14.7. The van der Waals surface area contributed by atoms with Crippen LogP contribution in [0.1, 0.15) is 58.1 Å². The first kappa shape index (κ1) is 23.8. The SMILES string of the molecule is C=CCOc1ccc(-c2ccc(C=CCCCC(C)OCCCCC)nc2)cc1F. The standard InChI is InChI=1S/C26H34FNO2/c1-4-6-10-18-29-21(3)11-8-7-9-12-24-15-13-23(20-28-24)22-14-16-26(25(27)19-22)30-17-5-2/h5,9,12-16,19-21H,2,4,6-8,10-11,17-18H2,1,3H3. The van der Waals surface area contributed by atoms with Gasteiger partial charge >= 0.3 is 0 Å². The van der Waals surface area contributed by atoms with Crippen molar-refractivity contribution in [3.63, 3.8) is 0 Å². The summed E-state index contributed by atoms with van der Waals surface area (Å²) >= 11 is 0. The maximum absolute atomic E-state index is 14.1. The Morgan fingerprint density at radius 1 is 1.13 bits per heavy atom. The van der Waals surface area contributed by atoms with Crippen LogP contribution in [0.3, 0.4) is 0 Å². The summed E-state index contributed by atoms with van der Waals surface area (Å²) in [5.74, 6) is -0.159. The summed E-state index contributed by atoms with van der Waals surface area (Å²) in [5.41, 5.74) is 2.54. The van der Waals surface area contributed by atoms with Crippen LogP contribution in [0.25, 0.3) is 17.2 Å². The number of allylic oxidation sites excluding steroid dienone is 1. The number of hydrogen-bond acceptors (Lipinski definition) is 3. The number of benzene rings is 1. The quantitative estimate of drug-likeness (QED) is 0.243. The molecule has 0 spiro atoms. The Bertz CT molecular complexity index is 786. The van der Waals surface area contributed by atoms with E-state index in [1.165, 1.54) is 18.9 Å². The monoisotopic (exact) mass is 411 g/mol. The fraction of sp³-hybridized carbons (Fsp3) is 0.423. The molecule has 0 aliphatic rings. The molecular formula is C26H34FNO2. The smallest absolute Gasteiger partial charge is 0.165 e. The molecule has 0 amide bonds. The van der Waals surface area contributed by atoms with Gasteiger partial charge < -0.3 is 9.47 Å². The molecular weight excluding hydrogens is 377 g/mol. The summed E-state index contributed by atoms with van der Waals surface area (Å²) in [4.78, 5) is 4.47. The van der Waals surface area contributed by atoms with Gasteiger partial charge in [-0.3, -0.25) is 4.98 Å². The van der Waals surface area contributed by atoms with E-state index in [4.69, 9.17) is 9.47 Å². The molecule has 0 saturated heterocycles. The third-order valence-corrected chi connectivity index (χ3v) is 4.83. The van der Waals surface area contributed by atoms with E-state index < -0.39 is 0 Å². The third-order valence-electron chi connectivity index (χ3n) is 4.83. The molecule has 0 radical (unpaired) electrons. The Hall–Kier alpha value is -2.46. The van der Waals surface area contributed by atoms with Crippen LogP contribution in [0, 0.1) is 5.82 Å². The molecule has 2 aromatic rings. The topological polar surface area (TPSA) is 31.4 Å². The number of unbranched alkanes of at least 4 members (excludes halogenated alkanes) is 3. The predicted molar refractivity (Wildman–Crippen MR) is 123 cm³/mol. The van der Waals surface area contributed by atoms with Crippen molar-refractivity contribution < 1.29 is 13.9 Å². The first-order valence-corrected chi connectivity index (χ1v) is 10.9. The van der Waals surface area contributed by atoms with Crippen LogP contribution in [0.4, 0.5) is 4.39 Å². The molecule has 0 N–H and O–H groups in total. The summed E-state index contributed by atoms with van der Waals surface area (Å²) in [7, 11) is 0. The number of ether oxygens (including phenoxy) is 2. The molecule has 1 atom stereocenters. The van der Waals surface area contributed by atoms with Gasteiger partial charge in [0.05, 0.1) is 11.8 Å². The highest BCUT2D eigenvalue weighted by molar-refractivity contribution is 5.64. The largest absolute Gasteiger partial charge is 0.486 e. The molecule has 0 aliphatic heterocycles. The van der Waals surface area contributed by atoms with Crippen molar-refractivity contribution in [2.24, 2.45) is 0 Å². The summed E-state index contributed by atoms with van der Waals surface area (Å²) in [6.45, 7) is 9.07. The van der Waals surface area contributed by atoms with Gasteiger partial charge in [-0.2, -0.15) is 0 Å². The molecule has 1 heterocycles. The van der Waals surface area contributed by atoms with Gasteiger partial charge in [0.2, 0.25) is 0 Å². The van der Waals surface area contributed by atoms with Gasteiger partial charge in [0.25, 0.3) is 0 Å². The molecule has 0 bridgehead atoms. The average Bonchev–Trinajstić information content (AvgIpc) is 2.76. The van der Waals surface area contributed by atoms with Crippen molar-refractivity contribution in [2.45, 2.75) is 58.5 Å². The Labute approximate surface area is 180 Å². The van der Waals surface area contributed by atoms with Crippen molar-refractivity contribution in [1.82, 2.24) is 4.98 Å². The minimum absolute atomic E-state index is 0.229. The molecule has 4 heteroatoms. The van der Waals surface area contributed by atoms with Crippen LogP contribution in [-0.2, 0) is 4.74 Å². The number of nitrogens with zero attached hydrogens (tertiary/aromatic N) is 1. The van der Waals surface area contributed by atoms with Crippen LogP contribution in [0.5, 0.6) is 5.75 Å². The Morgan fingerprint density at radius 2 is 1.97 bits per heavy atom. The maximum atomic E-state index is 14.1. The van der Waals surface area contributed by atoms with Gasteiger partial charge in [-0.1, -0.05) is 50.6 Å². The maximum Gasteiger partial charge on any atom is 0.165 e. The number of hydrogen-bond donors (Lipinski definition) is 0. The lowest BCUT2D eigenvalue weighted by molar-refractivity contribution is 0.0566. The minimum Gasteiger partial charge on any atom is -0.486 e. The Morgan fingerprint density at radius 3 is 2.67 bits per heavy atom. The van der Waals surface area contributed by atoms with E-state index in [-0.39, 0.29) is 18.2 Å².